The highest BCUT2D eigenvalue weighted by molar-refractivity contribution is 5.94. The fraction of sp³-hybridized carbons (Fsp3) is 0.783. The molecule has 35 heavy (non-hydrogen) atoms. The maximum absolute atomic E-state index is 13.1. The first-order chi connectivity index (χ1) is 16.4. The molecule has 0 aromatic carbocycles. The van der Waals surface area contributed by atoms with Crippen molar-refractivity contribution in [3.05, 3.63) is 0 Å². The van der Waals surface area contributed by atoms with Crippen LogP contribution in [0.5, 0.6) is 0 Å². The number of nitrogens with one attached hydrogen (secondary N) is 3. The van der Waals surface area contributed by atoms with Crippen molar-refractivity contribution < 1.29 is 29.1 Å². The lowest BCUT2D eigenvalue weighted by molar-refractivity contribution is -0.144. The molecule has 0 aliphatic carbocycles. The molecular weight excluding hydrogens is 456 g/mol. The van der Waals surface area contributed by atoms with Crippen LogP contribution in [0, 0.1) is 11.8 Å². The van der Waals surface area contributed by atoms with Crippen molar-refractivity contribution in [3.8, 4) is 0 Å². The molecule has 0 saturated carbocycles. The average molecular weight is 501 g/mol. The van der Waals surface area contributed by atoms with Gasteiger partial charge in [-0.05, 0) is 44.1 Å². The minimum Gasteiger partial charge on any atom is -0.480 e. The van der Waals surface area contributed by atoms with Crippen molar-refractivity contribution in [1.29, 1.82) is 0 Å². The van der Waals surface area contributed by atoms with Gasteiger partial charge in [-0.3, -0.25) is 19.2 Å². The number of rotatable bonds is 18. The zero-order valence-electron chi connectivity index (χ0n) is 21.3. The number of aliphatic carboxylic acids is 1. The number of carbonyl (C=O) groups excluding carboxylic acids is 4. The van der Waals surface area contributed by atoms with Gasteiger partial charge in [0.25, 0.3) is 0 Å². The monoisotopic (exact) mass is 500 g/mol. The van der Waals surface area contributed by atoms with E-state index in [-0.39, 0.29) is 31.1 Å². The summed E-state index contributed by atoms with van der Waals surface area (Å²) in [5, 5.41) is 17.3. The van der Waals surface area contributed by atoms with Gasteiger partial charge in [0, 0.05) is 6.42 Å². The van der Waals surface area contributed by atoms with E-state index < -0.39 is 53.8 Å². The second-order valence-electron chi connectivity index (χ2n) is 9.04. The number of carboxylic acid groups (broad SMARTS) is 1. The van der Waals surface area contributed by atoms with E-state index in [4.69, 9.17) is 17.2 Å². The normalized spacial score (nSPS) is 16.2. The van der Waals surface area contributed by atoms with Crippen LogP contribution in [0.25, 0.3) is 0 Å². The van der Waals surface area contributed by atoms with Crippen LogP contribution in [0.4, 0.5) is 0 Å². The van der Waals surface area contributed by atoms with Crippen LogP contribution in [-0.2, 0) is 24.0 Å². The van der Waals surface area contributed by atoms with E-state index in [1.54, 1.807) is 13.8 Å². The van der Waals surface area contributed by atoms with Crippen LogP contribution in [0.2, 0.25) is 0 Å². The van der Waals surface area contributed by atoms with Gasteiger partial charge >= 0.3 is 5.97 Å². The van der Waals surface area contributed by atoms with E-state index >= 15 is 0 Å². The molecule has 12 nitrogen and oxygen atoms in total. The summed E-state index contributed by atoms with van der Waals surface area (Å²) < 4.78 is 0. The fourth-order valence-corrected chi connectivity index (χ4v) is 3.35. The van der Waals surface area contributed by atoms with Crippen LogP contribution >= 0.6 is 0 Å². The first kappa shape index (κ1) is 32.3. The van der Waals surface area contributed by atoms with Crippen LogP contribution in [0.15, 0.2) is 0 Å². The third-order valence-corrected chi connectivity index (χ3v) is 6.19. The topological polar surface area (TPSA) is 220 Å². The molecule has 0 heterocycles. The van der Waals surface area contributed by atoms with Gasteiger partial charge in [-0.15, -0.1) is 0 Å². The molecule has 0 aliphatic rings. The highest BCUT2D eigenvalue weighted by Crippen LogP contribution is 2.13. The molecule has 0 aromatic rings. The first-order valence-electron chi connectivity index (χ1n) is 12.3. The van der Waals surface area contributed by atoms with E-state index in [9.17, 15) is 29.1 Å². The van der Waals surface area contributed by atoms with Crippen LogP contribution in [0.3, 0.4) is 0 Å². The molecule has 0 aromatic heterocycles. The van der Waals surface area contributed by atoms with Gasteiger partial charge in [-0.2, -0.15) is 0 Å². The SMILES string of the molecule is CCC(C)C(NC(=O)C(NC(=O)C(CCCCN)NC(=O)C(N)CCC(N)=O)C(C)CC)C(=O)O. The summed E-state index contributed by atoms with van der Waals surface area (Å²) in [6.07, 6.45) is 2.47. The van der Waals surface area contributed by atoms with E-state index in [1.807, 2.05) is 13.8 Å². The molecule has 202 valence electrons. The predicted octanol–water partition coefficient (Wildman–Crippen LogP) is -0.661. The van der Waals surface area contributed by atoms with Crippen molar-refractivity contribution >= 4 is 29.6 Å². The highest BCUT2D eigenvalue weighted by Gasteiger charge is 2.33. The zero-order valence-corrected chi connectivity index (χ0v) is 21.3. The maximum Gasteiger partial charge on any atom is 0.326 e. The van der Waals surface area contributed by atoms with Gasteiger partial charge < -0.3 is 38.3 Å². The Labute approximate surface area is 207 Å². The Morgan fingerprint density at radius 3 is 1.83 bits per heavy atom. The Bertz CT molecular complexity index is 719. The molecule has 12 heteroatoms. The van der Waals surface area contributed by atoms with Gasteiger partial charge in [-0.25, -0.2) is 4.79 Å². The second-order valence-corrected chi connectivity index (χ2v) is 9.04. The third kappa shape index (κ3) is 12.0. The summed E-state index contributed by atoms with van der Waals surface area (Å²) in [6, 6.07) is -4.12. The quantitative estimate of drug-likeness (QED) is 0.119. The summed E-state index contributed by atoms with van der Waals surface area (Å²) >= 11 is 0. The number of primary amides is 1. The molecule has 10 N–H and O–H groups in total. The Kier molecular flexibility index (Phi) is 15.5. The number of nitrogens with two attached hydrogens (primary N) is 3. The van der Waals surface area contributed by atoms with E-state index in [0.717, 1.165) is 0 Å². The van der Waals surface area contributed by atoms with Crippen molar-refractivity contribution in [2.45, 2.75) is 96.8 Å². The van der Waals surface area contributed by atoms with Crippen LogP contribution in [0.1, 0.15) is 72.6 Å². The Hall–Kier alpha value is -2.73. The van der Waals surface area contributed by atoms with Crippen molar-refractivity contribution in [2.24, 2.45) is 29.0 Å². The number of unbranched alkanes of at least 4 members (excludes halogenated alkanes) is 1. The molecule has 0 fully saturated rings. The van der Waals surface area contributed by atoms with Gasteiger partial charge in [0.05, 0.1) is 6.04 Å². The number of amides is 4. The highest BCUT2D eigenvalue weighted by atomic mass is 16.4. The van der Waals surface area contributed by atoms with Crippen LogP contribution in [-0.4, -0.2) is 65.4 Å². The molecule has 0 bridgehead atoms. The van der Waals surface area contributed by atoms with Crippen molar-refractivity contribution in [3.63, 3.8) is 0 Å². The fourth-order valence-electron chi connectivity index (χ4n) is 3.35. The van der Waals surface area contributed by atoms with E-state index in [2.05, 4.69) is 16.0 Å². The first-order valence-corrected chi connectivity index (χ1v) is 12.3. The van der Waals surface area contributed by atoms with Gasteiger partial charge in [0.2, 0.25) is 23.6 Å². The predicted molar refractivity (Wildman–Crippen MR) is 132 cm³/mol. The number of carbonyl (C=O) groups is 5. The number of hydrogen-bond donors (Lipinski definition) is 7. The van der Waals surface area contributed by atoms with E-state index in [0.29, 0.717) is 32.2 Å². The van der Waals surface area contributed by atoms with Gasteiger partial charge in [0.1, 0.15) is 18.1 Å². The number of hydrogen-bond acceptors (Lipinski definition) is 7. The average Bonchev–Trinajstić information content (AvgIpc) is 2.81. The summed E-state index contributed by atoms with van der Waals surface area (Å²) in [5.41, 5.74) is 16.5. The van der Waals surface area contributed by atoms with E-state index in [1.165, 1.54) is 0 Å². The third-order valence-electron chi connectivity index (χ3n) is 6.19. The molecule has 0 radical (unpaired) electrons. The Balaban J connectivity index is 5.58. The Morgan fingerprint density at radius 1 is 0.800 bits per heavy atom. The molecule has 0 spiro atoms. The second kappa shape index (κ2) is 16.8. The van der Waals surface area contributed by atoms with Crippen molar-refractivity contribution in [1.82, 2.24) is 16.0 Å². The van der Waals surface area contributed by atoms with Crippen molar-refractivity contribution in [2.75, 3.05) is 6.54 Å². The lowest BCUT2D eigenvalue weighted by Crippen LogP contribution is -2.59. The number of carboxylic acids is 1. The molecule has 6 unspecified atom stereocenters. The molecular formula is C23H44N6O6. The summed E-state index contributed by atoms with van der Waals surface area (Å²) in [7, 11) is 0. The lowest BCUT2D eigenvalue weighted by Gasteiger charge is -2.29. The molecule has 0 aliphatic heterocycles. The molecule has 4 amide bonds. The zero-order chi connectivity index (χ0) is 27.1. The van der Waals surface area contributed by atoms with Crippen LogP contribution < -0.4 is 33.2 Å². The lowest BCUT2D eigenvalue weighted by atomic mass is 9.95. The summed E-state index contributed by atoms with van der Waals surface area (Å²) in [6.45, 7) is 7.57. The molecule has 0 rings (SSSR count). The van der Waals surface area contributed by atoms with Gasteiger partial charge in [0.15, 0.2) is 0 Å². The van der Waals surface area contributed by atoms with Gasteiger partial charge in [-0.1, -0.05) is 40.5 Å². The summed E-state index contributed by atoms with van der Waals surface area (Å²) in [4.78, 5) is 61.3. The Morgan fingerprint density at radius 2 is 1.34 bits per heavy atom. The largest absolute Gasteiger partial charge is 0.480 e. The molecule has 0 saturated heterocycles. The minimum atomic E-state index is -1.15. The molecule has 6 atom stereocenters. The smallest absolute Gasteiger partial charge is 0.326 e. The summed E-state index contributed by atoms with van der Waals surface area (Å²) in [5.74, 6) is -4.17. The maximum atomic E-state index is 13.1. The standard InChI is InChI=1S/C23H44N6O6/c1-5-13(3)18(22(33)29-19(23(34)35)14(4)6-2)28-21(32)16(9-7-8-12-24)27-20(31)15(25)10-11-17(26)30/h13-16,18-19H,5-12,24-25H2,1-4H3,(H2,26,30)(H,27,31)(H,28,32)(H,29,33)(H,34,35). The minimum absolute atomic E-state index is 0.0302.